The second-order valence-corrected chi connectivity index (χ2v) is 6.68. The lowest BCUT2D eigenvalue weighted by Crippen LogP contribution is -2.30. The Labute approximate surface area is 122 Å². The molecule has 1 aliphatic rings. The van der Waals surface area contributed by atoms with Crippen molar-refractivity contribution >= 4 is 21.4 Å². The molecule has 2 rings (SSSR count). The van der Waals surface area contributed by atoms with Crippen LogP contribution in [-0.4, -0.2) is 48.5 Å². The maximum atomic E-state index is 12.6. The monoisotopic (exact) mass is 315 g/mol. The number of benzene rings is 1. The maximum absolute atomic E-state index is 12.6. The Morgan fingerprint density at radius 3 is 2.76 bits per heavy atom. The highest BCUT2D eigenvalue weighted by atomic mass is 32.2. The first-order valence-corrected chi connectivity index (χ1v) is 8.00. The summed E-state index contributed by atoms with van der Waals surface area (Å²) in [5.41, 5.74) is 0.0273. The lowest BCUT2D eigenvalue weighted by Gasteiger charge is -2.18. The van der Waals surface area contributed by atoms with E-state index in [0.717, 1.165) is 0 Å². The second-order valence-electron chi connectivity index (χ2n) is 4.77. The fraction of sp³-hybridized carbons (Fsp3) is 0.500. The summed E-state index contributed by atoms with van der Waals surface area (Å²) >= 11 is 0. The third-order valence-electron chi connectivity index (χ3n) is 3.29. The van der Waals surface area contributed by atoms with Crippen molar-refractivity contribution in [3.05, 3.63) is 28.3 Å². The van der Waals surface area contributed by atoms with Gasteiger partial charge in [-0.05, 0) is 19.4 Å². The fourth-order valence-electron chi connectivity index (χ4n) is 2.25. The summed E-state index contributed by atoms with van der Waals surface area (Å²) in [6.07, 6.45) is -0.275. The fourth-order valence-corrected chi connectivity index (χ4v) is 3.89. The summed E-state index contributed by atoms with van der Waals surface area (Å²) in [6.45, 7) is 2.50. The van der Waals surface area contributed by atoms with Gasteiger partial charge in [-0.2, -0.15) is 4.31 Å². The van der Waals surface area contributed by atoms with Crippen molar-refractivity contribution in [2.45, 2.75) is 24.3 Å². The molecule has 1 atom stereocenters. The van der Waals surface area contributed by atoms with E-state index in [1.54, 1.807) is 6.92 Å². The standard InChI is InChI=1S/C12H17N3O5S/c1-2-13-11-7-9(15(17)18)3-4-12(11)21(19,20)14-6-5-10(16)8-14/h3-4,7,10,13,16H,2,5-6,8H2,1H3. The average Bonchev–Trinajstić information content (AvgIpc) is 2.86. The number of β-amino-alcohol motifs (C(OH)–C–C–N with tert-alkyl or cyclic N) is 1. The average molecular weight is 315 g/mol. The van der Waals surface area contributed by atoms with Crippen molar-refractivity contribution in [2.24, 2.45) is 0 Å². The molecule has 1 aromatic carbocycles. The molecule has 116 valence electrons. The Hall–Kier alpha value is -1.71. The maximum Gasteiger partial charge on any atom is 0.271 e. The van der Waals surface area contributed by atoms with E-state index in [1.807, 2.05) is 0 Å². The van der Waals surface area contributed by atoms with Gasteiger partial charge in [0.15, 0.2) is 0 Å². The van der Waals surface area contributed by atoms with Crippen molar-refractivity contribution in [1.29, 1.82) is 0 Å². The minimum Gasteiger partial charge on any atom is -0.392 e. The van der Waals surface area contributed by atoms with Crippen LogP contribution in [0.15, 0.2) is 23.1 Å². The van der Waals surface area contributed by atoms with Gasteiger partial charge in [-0.1, -0.05) is 0 Å². The highest BCUT2D eigenvalue weighted by Gasteiger charge is 2.33. The molecule has 8 nitrogen and oxygen atoms in total. The number of nitrogens with one attached hydrogen (secondary N) is 1. The summed E-state index contributed by atoms with van der Waals surface area (Å²) in [6, 6.07) is 3.61. The van der Waals surface area contributed by atoms with E-state index in [0.29, 0.717) is 13.0 Å². The summed E-state index contributed by atoms with van der Waals surface area (Å²) in [5.74, 6) is 0. The van der Waals surface area contributed by atoms with Crippen LogP contribution in [0.1, 0.15) is 13.3 Å². The molecule has 1 aromatic rings. The number of anilines is 1. The van der Waals surface area contributed by atoms with Crippen LogP contribution in [0, 0.1) is 10.1 Å². The van der Waals surface area contributed by atoms with Gasteiger partial charge in [0.05, 0.1) is 16.7 Å². The Morgan fingerprint density at radius 2 is 2.24 bits per heavy atom. The minimum absolute atomic E-state index is 0.0101. The molecule has 0 bridgehead atoms. The molecule has 1 unspecified atom stereocenters. The van der Waals surface area contributed by atoms with Crippen molar-refractivity contribution in [3.63, 3.8) is 0 Å². The first kappa shape index (κ1) is 15.7. The predicted octanol–water partition coefficient (Wildman–Crippen LogP) is 0.782. The third-order valence-corrected chi connectivity index (χ3v) is 5.21. The van der Waals surface area contributed by atoms with Crippen molar-refractivity contribution in [1.82, 2.24) is 4.31 Å². The Morgan fingerprint density at radius 1 is 1.52 bits per heavy atom. The van der Waals surface area contributed by atoms with Crippen LogP contribution >= 0.6 is 0 Å². The van der Waals surface area contributed by atoms with Gasteiger partial charge in [-0.25, -0.2) is 8.42 Å². The van der Waals surface area contributed by atoms with Gasteiger partial charge in [0, 0.05) is 31.8 Å². The van der Waals surface area contributed by atoms with Crippen molar-refractivity contribution < 1.29 is 18.4 Å². The highest BCUT2D eigenvalue weighted by molar-refractivity contribution is 7.89. The van der Waals surface area contributed by atoms with Gasteiger partial charge in [-0.3, -0.25) is 10.1 Å². The molecule has 0 spiro atoms. The zero-order valence-electron chi connectivity index (χ0n) is 11.5. The number of hydrogen-bond donors (Lipinski definition) is 2. The van der Waals surface area contributed by atoms with Crippen molar-refractivity contribution in [3.8, 4) is 0 Å². The number of non-ortho nitro benzene ring substituents is 1. The molecule has 1 saturated heterocycles. The van der Waals surface area contributed by atoms with Crippen LogP contribution in [0.5, 0.6) is 0 Å². The number of nitro groups is 1. The molecule has 0 saturated carbocycles. The molecule has 0 amide bonds. The van der Waals surface area contributed by atoms with E-state index < -0.39 is 21.1 Å². The third kappa shape index (κ3) is 3.14. The van der Waals surface area contributed by atoms with Gasteiger partial charge in [0.2, 0.25) is 10.0 Å². The second kappa shape index (κ2) is 5.96. The van der Waals surface area contributed by atoms with Crippen molar-refractivity contribution in [2.75, 3.05) is 25.0 Å². The van der Waals surface area contributed by atoms with Crippen LogP contribution in [-0.2, 0) is 10.0 Å². The number of nitrogens with zero attached hydrogens (tertiary/aromatic N) is 2. The summed E-state index contributed by atoms with van der Waals surface area (Å²) in [7, 11) is -3.78. The number of rotatable bonds is 5. The van der Waals surface area contributed by atoms with Gasteiger partial charge in [-0.15, -0.1) is 0 Å². The van der Waals surface area contributed by atoms with Gasteiger partial charge in [0.1, 0.15) is 4.90 Å². The topological polar surface area (TPSA) is 113 Å². The van der Waals surface area contributed by atoms with Gasteiger partial charge in [0.25, 0.3) is 5.69 Å². The number of aliphatic hydroxyl groups is 1. The molecule has 0 aromatic heterocycles. The van der Waals surface area contributed by atoms with Gasteiger partial charge < -0.3 is 10.4 Å². The first-order chi connectivity index (χ1) is 9.86. The number of hydrogen-bond acceptors (Lipinski definition) is 6. The molecule has 1 fully saturated rings. The van der Waals surface area contributed by atoms with E-state index in [9.17, 15) is 23.6 Å². The lowest BCUT2D eigenvalue weighted by molar-refractivity contribution is -0.384. The molecular formula is C12H17N3O5S. The van der Waals surface area contributed by atoms with Crippen LogP contribution in [0.3, 0.4) is 0 Å². The number of aliphatic hydroxyl groups excluding tert-OH is 1. The van der Waals surface area contributed by atoms with Crippen LogP contribution in [0.2, 0.25) is 0 Å². The SMILES string of the molecule is CCNc1cc([N+](=O)[O-])ccc1S(=O)(=O)N1CCC(O)C1. The van der Waals surface area contributed by atoms with E-state index in [2.05, 4.69) is 5.32 Å². The predicted molar refractivity (Wildman–Crippen MR) is 76.6 cm³/mol. The number of sulfonamides is 1. The smallest absolute Gasteiger partial charge is 0.271 e. The van der Waals surface area contributed by atoms with Crippen LogP contribution < -0.4 is 5.32 Å². The highest BCUT2D eigenvalue weighted by Crippen LogP contribution is 2.30. The molecule has 9 heteroatoms. The minimum atomic E-state index is -3.78. The zero-order chi connectivity index (χ0) is 15.6. The van der Waals surface area contributed by atoms with Crippen LogP contribution in [0.25, 0.3) is 0 Å². The molecular weight excluding hydrogens is 298 g/mol. The van der Waals surface area contributed by atoms with E-state index in [1.165, 1.54) is 22.5 Å². The molecule has 1 aliphatic heterocycles. The first-order valence-electron chi connectivity index (χ1n) is 6.56. The summed E-state index contributed by atoms with van der Waals surface area (Å²) in [5, 5.41) is 23.1. The van der Waals surface area contributed by atoms with Gasteiger partial charge >= 0.3 is 0 Å². The Kier molecular flexibility index (Phi) is 4.45. The van der Waals surface area contributed by atoms with E-state index >= 15 is 0 Å². The molecule has 2 N–H and O–H groups in total. The quantitative estimate of drug-likeness (QED) is 0.613. The zero-order valence-corrected chi connectivity index (χ0v) is 12.3. The van der Waals surface area contributed by atoms with E-state index in [4.69, 9.17) is 0 Å². The van der Waals surface area contributed by atoms with E-state index in [-0.39, 0.29) is 29.4 Å². The van der Waals surface area contributed by atoms with Crippen LogP contribution in [0.4, 0.5) is 11.4 Å². The largest absolute Gasteiger partial charge is 0.392 e. The Bertz CT molecular complexity index is 646. The molecule has 0 aliphatic carbocycles. The molecule has 21 heavy (non-hydrogen) atoms. The lowest BCUT2D eigenvalue weighted by atomic mass is 10.3. The molecule has 1 heterocycles. The summed E-state index contributed by atoms with van der Waals surface area (Å²) in [4.78, 5) is 10.2. The normalized spacial score (nSPS) is 19.6. The summed E-state index contributed by atoms with van der Waals surface area (Å²) < 4.78 is 26.3. The Balaban J connectivity index is 2.44. The molecule has 0 radical (unpaired) electrons. The number of nitro benzene ring substituents is 1.